The van der Waals surface area contributed by atoms with Crippen molar-refractivity contribution < 1.29 is 14.3 Å². The topological polar surface area (TPSA) is 97.6 Å². The van der Waals surface area contributed by atoms with Crippen LogP contribution in [0.15, 0.2) is 42.6 Å². The lowest BCUT2D eigenvalue weighted by atomic mass is 10.0. The number of fused-ring (bicyclic) bond motifs is 2. The van der Waals surface area contributed by atoms with Crippen LogP contribution in [0.4, 0.5) is 5.69 Å². The second-order valence-corrected chi connectivity index (χ2v) is 6.99. The number of amides is 2. The van der Waals surface area contributed by atoms with Crippen LogP contribution >= 0.6 is 0 Å². The first-order valence-corrected chi connectivity index (χ1v) is 9.15. The number of carbonyl (C=O) groups excluding carboxylic acids is 2. The van der Waals surface area contributed by atoms with Gasteiger partial charge in [0.15, 0.2) is 5.65 Å². The number of benzene rings is 1. The molecule has 28 heavy (non-hydrogen) atoms. The molecule has 0 radical (unpaired) electrons. The summed E-state index contributed by atoms with van der Waals surface area (Å²) in [6.45, 7) is 3.80. The van der Waals surface area contributed by atoms with Gasteiger partial charge in [0, 0.05) is 19.2 Å². The van der Waals surface area contributed by atoms with Crippen molar-refractivity contribution in [1.82, 2.24) is 19.9 Å². The van der Waals surface area contributed by atoms with Crippen LogP contribution in [0, 0.1) is 6.92 Å². The summed E-state index contributed by atoms with van der Waals surface area (Å²) in [5.41, 5.74) is 0.755. The summed E-state index contributed by atoms with van der Waals surface area (Å²) in [5.74, 6) is 0.360. The molecule has 8 heteroatoms. The van der Waals surface area contributed by atoms with Crippen LogP contribution in [0.3, 0.4) is 0 Å². The zero-order valence-corrected chi connectivity index (χ0v) is 15.7. The van der Waals surface area contributed by atoms with Gasteiger partial charge < -0.3 is 15.4 Å². The van der Waals surface area contributed by atoms with E-state index in [-0.39, 0.29) is 0 Å². The van der Waals surface area contributed by atoms with Crippen molar-refractivity contribution in [2.45, 2.75) is 32.3 Å². The van der Waals surface area contributed by atoms with E-state index in [2.05, 4.69) is 20.8 Å². The molecule has 2 N–H and O–H groups in total. The molecule has 4 rings (SSSR count). The highest BCUT2D eigenvalue weighted by atomic mass is 16.5. The summed E-state index contributed by atoms with van der Waals surface area (Å²) in [4.78, 5) is 25.1. The third-order valence-electron chi connectivity index (χ3n) is 4.81. The second-order valence-electron chi connectivity index (χ2n) is 6.99. The minimum atomic E-state index is -1.61. The van der Waals surface area contributed by atoms with Crippen molar-refractivity contribution in [3.05, 3.63) is 54.0 Å². The Balaban J connectivity index is 1.37. The minimum absolute atomic E-state index is 0.396. The van der Waals surface area contributed by atoms with Crippen LogP contribution in [-0.2, 0) is 16.0 Å². The number of pyridine rings is 1. The Morgan fingerprint density at radius 2 is 2.14 bits per heavy atom. The highest BCUT2D eigenvalue weighted by molar-refractivity contribution is 6.15. The third-order valence-corrected chi connectivity index (χ3v) is 4.81. The fourth-order valence-corrected chi connectivity index (χ4v) is 3.17. The Bertz CT molecular complexity index is 1060. The number of rotatable bonds is 5. The van der Waals surface area contributed by atoms with Crippen LogP contribution in [-0.4, -0.2) is 38.6 Å². The number of hydrogen-bond donors (Lipinski definition) is 2. The number of hydrogen-bond acceptors (Lipinski definition) is 5. The van der Waals surface area contributed by atoms with Gasteiger partial charge in [-0.05, 0) is 50.1 Å². The molecule has 3 heterocycles. The van der Waals surface area contributed by atoms with Gasteiger partial charge in [-0.1, -0.05) is 12.1 Å². The molecule has 1 atom stereocenters. The standard InChI is InChI=1S/C20H21N5O3/c1-13-8-9-15-14(12-13)22-19(27)20(2,28-15)18(26)21-10-5-7-17-24-23-16-6-3-4-11-25(16)17/h3-4,6,8-9,11-12H,5,7,10H2,1-2H3,(H,21,26)(H,22,27). The Morgan fingerprint density at radius 3 is 3.00 bits per heavy atom. The van der Waals surface area contributed by atoms with Crippen molar-refractivity contribution in [2.24, 2.45) is 0 Å². The van der Waals surface area contributed by atoms with E-state index in [0.717, 1.165) is 17.0 Å². The average molecular weight is 379 g/mol. The number of ether oxygens (including phenoxy) is 1. The lowest BCUT2D eigenvalue weighted by Crippen LogP contribution is -2.58. The third kappa shape index (κ3) is 3.17. The van der Waals surface area contributed by atoms with Crippen LogP contribution in [0.1, 0.15) is 24.7 Å². The molecule has 0 spiro atoms. The van der Waals surface area contributed by atoms with Gasteiger partial charge >= 0.3 is 0 Å². The summed E-state index contributed by atoms with van der Waals surface area (Å²) in [6.07, 6.45) is 3.22. The summed E-state index contributed by atoms with van der Waals surface area (Å²) in [5, 5.41) is 13.8. The predicted octanol–water partition coefficient (Wildman–Crippen LogP) is 1.88. The first-order chi connectivity index (χ1) is 13.5. The van der Waals surface area contributed by atoms with E-state index >= 15 is 0 Å². The van der Waals surface area contributed by atoms with Crippen molar-refractivity contribution >= 4 is 23.1 Å². The molecule has 2 amide bonds. The zero-order valence-electron chi connectivity index (χ0n) is 15.7. The molecule has 1 aliphatic heterocycles. The van der Waals surface area contributed by atoms with Crippen molar-refractivity contribution in [3.63, 3.8) is 0 Å². The van der Waals surface area contributed by atoms with Gasteiger partial charge in [-0.3, -0.25) is 14.0 Å². The Morgan fingerprint density at radius 1 is 1.29 bits per heavy atom. The normalized spacial score (nSPS) is 18.3. The molecule has 1 aromatic carbocycles. The van der Waals surface area contributed by atoms with E-state index in [1.165, 1.54) is 6.92 Å². The Hall–Kier alpha value is -3.42. The van der Waals surface area contributed by atoms with Crippen molar-refractivity contribution in [3.8, 4) is 5.75 Å². The molecule has 0 bridgehead atoms. The number of anilines is 1. The Labute approximate surface area is 161 Å². The lowest BCUT2D eigenvalue weighted by molar-refractivity contribution is -0.146. The van der Waals surface area contributed by atoms with Gasteiger partial charge in [0.05, 0.1) is 5.69 Å². The smallest absolute Gasteiger partial charge is 0.278 e. The summed E-state index contributed by atoms with van der Waals surface area (Å²) in [7, 11) is 0. The summed E-state index contributed by atoms with van der Waals surface area (Å²) >= 11 is 0. The van der Waals surface area contributed by atoms with Crippen molar-refractivity contribution in [1.29, 1.82) is 0 Å². The average Bonchev–Trinajstić information content (AvgIpc) is 3.09. The van der Waals surface area contributed by atoms with Crippen molar-refractivity contribution in [2.75, 3.05) is 11.9 Å². The lowest BCUT2D eigenvalue weighted by Gasteiger charge is -2.33. The number of aryl methyl sites for hydroxylation is 2. The van der Waals surface area contributed by atoms with Crippen LogP contribution in [0.25, 0.3) is 5.65 Å². The maximum Gasteiger partial charge on any atom is 0.278 e. The predicted molar refractivity (Wildman–Crippen MR) is 103 cm³/mol. The summed E-state index contributed by atoms with van der Waals surface area (Å²) in [6, 6.07) is 11.2. The largest absolute Gasteiger partial charge is 0.466 e. The molecular weight excluding hydrogens is 358 g/mol. The van der Waals surface area contributed by atoms with Gasteiger partial charge in [-0.2, -0.15) is 0 Å². The van der Waals surface area contributed by atoms with Crippen LogP contribution < -0.4 is 15.4 Å². The van der Waals surface area contributed by atoms with E-state index in [1.54, 1.807) is 6.07 Å². The van der Waals surface area contributed by atoms with E-state index in [0.29, 0.717) is 30.8 Å². The first-order valence-electron chi connectivity index (χ1n) is 9.15. The Kier molecular flexibility index (Phi) is 4.46. The highest BCUT2D eigenvalue weighted by Crippen LogP contribution is 2.34. The quantitative estimate of drug-likeness (QED) is 0.521. The molecule has 0 fully saturated rings. The fourth-order valence-electron chi connectivity index (χ4n) is 3.17. The number of aromatic nitrogens is 3. The zero-order chi connectivity index (χ0) is 19.7. The van der Waals surface area contributed by atoms with Gasteiger partial charge in [-0.15, -0.1) is 10.2 Å². The maximum absolute atomic E-state index is 12.7. The molecule has 144 valence electrons. The van der Waals surface area contributed by atoms with Crippen LogP contribution in [0.2, 0.25) is 0 Å². The van der Waals surface area contributed by atoms with Gasteiger partial charge in [-0.25, -0.2) is 0 Å². The second kappa shape index (κ2) is 6.95. The molecule has 0 saturated heterocycles. The summed E-state index contributed by atoms with van der Waals surface area (Å²) < 4.78 is 7.67. The van der Waals surface area contributed by atoms with Gasteiger partial charge in [0.2, 0.25) is 0 Å². The number of nitrogens with one attached hydrogen (secondary N) is 2. The van der Waals surface area contributed by atoms with E-state index in [9.17, 15) is 9.59 Å². The van der Waals surface area contributed by atoms with E-state index in [1.807, 2.05) is 47.9 Å². The minimum Gasteiger partial charge on any atom is -0.466 e. The van der Waals surface area contributed by atoms with Gasteiger partial charge in [0.25, 0.3) is 17.4 Å². The monoisotopic (exact) mass is 379 g/mol. The molecule has 1 aliphatic rings. The maximum atomic E-state index is 12.7. The van der Waals surface area contributed by atoms with E-state index in [4.69, 9.17) is 4.74 Å². The molecule has 8 nitrogen and oxygen atoms in total. The molecule has 3 aromatic rings. The number of nitrogens with zero attached hydrogens (tertiary/aromatic N) is 3. The SMILES string of the molecule is Cc1ccc2c(c1)NC(=O)C(C)(C(=O)NCCCc1nnc3ccccn13)O2. The number of carbonyl (C=O) groups is 2. The molecule has 0 aliphatic carbocycles. The highest BCUT2D eigenvalue weighted by Gasteiger charge is 2.47. The van der Waals surface area contributed by atoms with E-state index < -0.39 is 17.4 Å². The van der Waals surface area contributed by atoms with Gasteiger partial charge in [0.1, 0.15) is 11.6 Å². The molecular formula is C20H21N5O3. The molecule has 0 saturated carbocycles. The first kappa shape index (κ1) is 18.0. The molecule has 2 aromatic heterocycles. The molecule has 1 unspecified atom stereocenters. The van der Waals surface area contributed by atoms with Crippen LogP contribution in [0.5, 0.6) is 5.75 Å². The fraction of sp³-hybridized carbons (Fsp3) is 0.300.